The highest BCUT2D eigenvalue weighted by Gasteiger charge is 2.11. The Labute approximate surface area is 159 Å². The molecule has 7 heteroatoms. The minimum atomic E-state index is -0.157. The molecule has 1 saturated heterocycles. The van der Waals surface area contributed by atoms with Crippen LogP contribution in [0, 0.1) is 0 Å². The lowest BCUT2D eigenvalue weighted by Gasteiger charge is -2.26. The second-order valence-electron chi connectivity index (χ2n) is 5.90. The number of halogens is 1. The highest BCUT2D eigenvalue weighted by Crippen LogP contribution is 2.34. The zero-order chi connectivity index (χ0) is 17.6. The van der Waals surface area contributed by atoms with Crippen LogP contribution in [0.2, 0.25) is 0 Å². The fraction of sp³-hybridized carbons (Fsp3) is 0.368. The maximum atomic E-state index is 9.71. The zero-order valence-electron chi connectivity index (χ0n) is 14.7. The third-order valence-electron chi connectivity index (χ3n) is 4.20. The van der Waals surface area contributed by atoms with Crippen molar-refractivity contribution in [3.63, 3.8) is 0 Å². The van der Waals surface area contributed by atoms with Gasteiger partial charge in [-0.3, -0.25) is 4.90 Å². The van der Waals surface area contributed by atoms with Crippen LogP contribution in [-0.4, -0.2) is 61.7 Å². The second kappa shape index (κ2) is 9.52. The number of rotatable bonds is 6. The van der Waals surface area contributed by atoms with Gasteiger partial charge in [-0.2, -0.15) is 0 Å². The van der Waals surface area contributed by atoms with Crippen LogP contribution < -0.4 is 9.47 Å². The molecule has 0 radical (unpaired) electrons. The lowest BCUT2D eigenvalue weighted by molar-refractivity contribution is 0.0322. The summed E-state index contributed by atoms with van der Waals surface area (Å²) in [7, 11) is 1.60. The van der Waals surface area contributed by atoms with Crippen molar-refractivity contribution in [3.05, 3.63) is 36.4 Å². The van der Waals surface area contributed by atoms with Crippen LogP contribution in [0.4, 0.5) is 0 Å². The van der Waals surface area contributed by atoms with E-state index in [1.165, 1.54) is 12.1 Å². The molecule has 142 valence electrons. The van der Waals surface area contributed by atoms with Crippen LogP contribution >= 0.6 is 12.4 Å². The number of phenols is 2. The number of morpholine rings is 1. The first-order valence-corrected chi connectivity index (χ1v) is 8.30. The van der Waals surface area contributed by atoms with E-state index >= 15 is 0 Å². The van der Waals surface area contributed by atoms with Crippen LogP contribution in [0.15, 0.2) is 36.4 Å². The molecule has 0 aromatic heterocycles. The molecule has 1 fully saturated rings. The predicted molar refractivity (Wildman–Crippen MR) is 102 cm³/mol. The summed E-state index contributed by atoms with van der Waals surface area (Å²) in [5, 5.41) is 19.2. The SMILES string of the molecule is COc1cc(OCCN2CCOCC2)cc(-c2ccc(O)c(O)c2)c1.Cl. The van der Waals surface area contributed by atoms with E-state index in [1.807, 2.05) is 18.2 Å². The summed E-state index contributed by atoms with van der Waals surface area (Å²) in [6.45, 7) is 4.82. The Bertz CT molecular complexity index is 719. The molecule has 1 aliphatic heterocycles. The predicted octanol–water partition coefficient (Wildman–Crippen LogP) is 2.91. The molecule has 2 aromatic rings. The Kier molecular flexibility index (Phi) is 7.38. The van der Waals surface area contributed by atoms with Gasteiger partial charge in [-0.15, -0.1) is 12.4 Å². The Balaban J connectivity index is 0.00000243. The van der Waals surface area contributed by atoms with Gasteiger partial charge in [-0.05, 0) is 35.4 Å². The van der Waals surface area contributed by atoms with Gasteiger partial charge in [0.05, 0.1) is 20.3 Å². The summed E-state index contributed by atoms with van der Waals surface area (Å²) in [5.74, 6) is 1.07. The third kappa shape index (κ3) is 5.17. The van der Waals surface area contributed by atoms with E-state index in [0.717, 1.165) is 44.0 Å². The van der Waals surface area contributed by atoms with E-state index in [1.54, 1.807) is 13.2 Å². The number of hydrogen-bond acceptors (Lipinski definition) is 6. The van der Waals surface area contributed by atoms with Crippen LogP contribution in [0.5, 0.6) is 23.0 Å². The van der Waals surface area contributed by atoms with Crippen molar-refractivity contribution in [2.24, 2.45) is 0 Å². The van der Waals surface area contributed by atoms with Gasteiger partial charge in [0.1, 0.15) is 18.1 Å². The monoisotopic (exact) mass is 381 g/mol. The normalized spacial score (nSPS) is 14.5. The van der Waals surface area contributed by atoms with Crippen LogP contribution in [0.1, 0.15) is 0 Å². The molecule has 0 atom stereocenters. The first-order valence-electron chi connectivity index (χ1n) is 8.30. The third-order valence-corrected chi connectivity index (χ3v) is 4.20. The number of nitrogens with zero attached hydrogens (tertiary/aromatic N) is 1. The van der Waals surface area contributed by atoms with Crippen molar-refractivity contribution in [3.8, 4) is 34.1 Å². The molecule has 0 amide bonds. The van der Waals surface area contributed by atoms with E-state index in [-0.39, 0.29) is 23.9 Å². The quantitative estimate of drug-likeness (QED) is 0.750. The first-order chi connectivity index (χ1) is 12.2. The number of phenolic OH excluding ortho intramolecular Hbond substituents is 2. The second-order valence-corrected chi connectivity index (χ2v) is 5.90. The summed E-state index contributed by atoms with van der Waals surface area (Å²) in [6, 6.07) is 10.3. The zero-order valence-corrected chi connectivity index (χ0v) is 15.5. The number of aromatic hydroxyl groups is 2. The maximum Gasteiger partial charge on any atom is 0.158 e. The van der Waals surface area contributed by atoms with Crippen molar-refractivity contribution in [1.82, 2.24) is 4.90 Å². The van der Waals surface area contributed by atoms with Gasteiger partial charge < -0.3 is 24.4 Å². The highest BCUT2D eigenvalue weighted by molar-refractivity contribution is 5.85. The number of methoxy groups -OCH3 is 1. The topological polar surface area (TPSA) is 71.4 Å². The summed E-state index contributed by atoms with van der Waals surface area (Å²) < 4.78 is 16.6. The lowest BCUT2D eigenvalue weighted by Crippen LogP contribution is -2.38. The van der Waals surface area contributed by atoms with E-state index < -0.39 is 0 Å². The largest absolute Gasteiger partial charge is 0.504 e. The van der Waals surface area contributed by atoms with Crippen LogP contribution in [0.3, 0.4) is 0 Å². The molecule has 0 saturated carbocycles. The average Bonchev–Trinajstić information content (AvgIpc) is 2.64. The fourth-order valence-electron chi connectivity index (χ4n) is 2.76. The van der Waals surface area contributed by atoms with Crippen molar-refractivity contribution < 1.29 is 24.4 Å². The van der Waals surface area contributed by atoms with E-state index in [4.69, 9.17) is 14.2 Å². The minimum Gasteiger partial charge on any atom is -0.504 e. The Morgan fingerprint density at radius 1 is 0.962 bits per heavy atom. The molecule has 0 unspecified atom stereocenters. The van der Waals surface area contributed by atoms with Gasteiger partial charge in [0.25, 0.3) is 0 Å². The Morgan fingerprint density at radius 2 is 1.69 bits per heavy atom. The van der Waals surface area contributed by atoms with Crippen LogP contribution in [-0.2, 0) is 4.74 Å². The highest BCUT2D eigenvalue weighted by atomic mass is 35.5. The number of ether oxygens (including phenoxy) is 3. The molecule has 0 aliphatic carbocycles. The molecule has 3 rings (SSSR count). The molecule has 0 spiro atoms. The van der Waals surface area contributed by atoms with E-state index in [2.05, 4.69) is 4.90 Å². The molecule has 2 N–H and O–H groups in total. The van der Waals surface area contributed by atoms with Gasteiger partial charge in [0.2, 0.25) is 0 Å². The molecular weight excluding hydrogens is 358 g/mol. The summed E-state index contributed by atoms with van der Waals surface area (Å²) >= 11 is 0. The molecule has 1 aliphatic rings. The first kappa shape index (κ1) is 20.2. The number of hydrogen-bond donors (Lipinski definition) is 2. The molecule has 2 aromatic carbocycles. The fourth-order valence-corrected chi connectivity index (χ4v) is 2.76. The summed E-state index contributed by atoms with van der Waals surface area (Å²) in [5.41, 5.74) is 1.61. The minimum absolute atomic E-state index is 0. The average molecular weight is 382 g/mol. The number of benzene rings is 2. The van der Waals surface area contributed by atoms with Crippen molar-refractivity contribution in [2.75, 3.05) is 46.6 Å². The Morgan fingerprint density at radius 3 is 2.38 bits per heavy atom. The van der Waals surface area contributed by atoms with Crippen LogP contribution in [0.25, 0.3) is 11.1 Å². The molecule has 26 heavy (non-hydrogen) atoms. The molecule has 0 bridgehead atoms. The van der Waals surface area contributed by atoms with Gasteiger partial charge in [-0.25, -0.2) is 0 Å². The van der Waals surface area contributed by atoms with Crippen molar-refractivity contribution >= 4 is 12.4 Å². The lowest BCUT2D eigenvalue weighted by atomic mass is 10.0. The van der Waals surface area contributed by atoms with Gasteiger partial charge in [-0.1, -0.05) is 6.07 Å². The Hall–Kier alpha value is -2.15. The molecule has 1 heterocycles. The molecular formula is C19H24ClNO5. The molecule has 6 nitrogen and oxygen atoms in total. The summed E-state index contributed by atoms with van der Waals surface area (Å²) in [4.78, 5) is 2.31. The van der Waals surface area contributed by atoms with E-state index in [9.17, 15) is 10.2 Å². The van der Waals surface area contributed by atoms with Gasteiger partial charge in [0.15, 0.2) is 11.5 Å². The van der Waals surface area contributed by atoms with Crippen molar-refractivity contribution in [1.29, 1.82) is 0 Å². The summed E-state index contributed by atoms with van der Waals surface area (Å²) in [6.07, 6.45) is 0. The van der Waals surface area contributed by atoms with Gasteiger partial charge in [0, 0.05) is 25.7 Å². The maximum absolute atomic E-state index is 9.71. The standard InChI is InChI=1S/C19H23NO5.ClH/c1-23-16-10-15(14-2-3-18(21)19(22)12-14)11-17(13-16)25-9-6-20-4-7-24-8-5-20;/h2-3,10-13,21-22H,4-9H2,1H3;1H. The van der Waals surface area contributed by atoms with Crippen molar-refractivity contribution in [2.45, 2.75) is 0 Å². The van der Waals surface area contributed by atoms with Gasteiger partial charge >= 0.3 is 0 Å². The smallest absolute Gasteiger partial charge is 0.158 e. The van der Waals surface area contributed by atoms with E-state index in [0.29, 0.717) is 18.1 Å².